The van der Waals surface area contributed by atoms with E-state index < -0.39 is 17.6 Å². The zero-order chi connectivity index (χ0) is 12.6. The average molecular weight is 246 g/mol. The largest absolute Gasteiger partial charge is 0.419 e. The van der Waals surface area contributed by atoms with Crippen LogP contribution in [0.25, 0.3) is 11.4 Å². The number of H-pyrrole nitrogens is 1. The summed E-state index contributed by atoms with van der Waals surface area (Å²) in [5.41, 5.74) is 3.51. The molecule has 0 saturated carbocycles. The van der Waals surface area contributed by atoms with Crippen LogP contribution in [0.5, 0.6) is 0 Å². The molecule has 0 aliphatic heterocycles. The van der Waals surface area contributed by atoms with E-state index in [-0.39, 0.29) is 17.3 Å². The standard InChI is InChI=1S/C9H6F4N4/c10-6-4(7-15-8(14)17-16-7)2-1-3-5(6)9(11,12)13/h1-3H,(H3,14,15,16,17). The summed E-state index contributed by atoms with van der Waals surface area (Å²) in [5.74, 6) is -1.72. The number of anilines is 1. The minimum Gasteiger partial charge on any atom is -0.366 e. The molecule has 0 atom stereocenters. The normalized spacial score (nSPS) is 11.8. The van der Waals surface area contributed by atoms with E-state index in [1.165, 1.54) is 0 Å². The van der Waals surface area contributed by atoms with Crippen LogP contribution in [0.4, 0.5) is 23.5 Å². The lowest BCUT2D eigenvalue weighted by atomic mass is 10.1. The van der Waals surface area contributed by atoms with Crippen LogP contribution in [-0.4, -0.2) is 15.2 Å². The van der Waals surface area contributed by atoms with E-state index in [0.29, 0.717) is 6.07 Å². The predicted molar refractivity (Wildman–Crippen MR) is 51.2 cm³/mol. The molecule has 0 aliphatic rings. The summed E-state index contributed by atoms with van der Waals surface area (Å²) in [4.78, 5) is 3.57. The molecular weight excluding hydrogens is 240 g/mol. The van der Waals surface area contributed by atoms with Gasteiger partial charge in [0.05, 0.1) is 11.1 Å². The van der Waals surface area contributed by atoms with Crippen molar-refractivity contribution in [2.75, 3.05) is 5.73 Å². The number of rotatable bonds is 1. The van der Waals surface area contributed by atoms with Gasteiger partial charge in [-0.15, -0.1) is 5.10 Å². The Bertz CT molecular complexity index is 546. The van der Waals surface area contributed by atoms with Gasteiger partial charge in [-0.25, -0.2) is 4.39 Å². The summed E-state index contributed by atoms with van der Waals surface area (Å²) in [6.07, 6.45) is -4.76. The Hall–Kier alpha value is -2.12. The van der Waals surface area contributed by atoms with Crippen LogP contribution in [0.2, 0.25) is 0 Å². The molecule has 17 heavy (non-hydrogen) atoms. The highest BCUT2D eigenvalue weighted by Gasteiger charge is 2.35. The van der Waals surface area contributed by atoms with Crippen LogP contribution in [0, 0.1) is 5.82 Å². The maximum absolute atomic E-state index is 13.6. The summed E-state index contributed by atoms with van der Waals surface area (Å²) in [7, 11) is 0. The molecule has 3 N–H and O–H groups in total. The number of nitrogens with one attached hydrogen (secondary N) is 1. The Balaban J connectivity index is 2.57. The second-order valence-electron chi connectivity index (χ2n) is 3.21. The molecular formula is C9H6F4N4. The summed E-state index contributed by atoms with van der Waals surface area (Å²) in [6, 6.07) is 2.89. The monoisotopic (exact) mass is 246 g/mol. The van der Waals surface area contributed by atoms with Gasteiger partial charge in [0.25, 0.3) is 0 Å². The summed E-state index contributed by atoms with van der Waals surface area (Å²) >= 11 is 0. The lowest BCUT2D eigenvalue weighted by Gasteiger charge is -2.09. The highest BCUT2D eigenvalue weighted by atomic mass is 19.4. The minimum absolute atomic E-state index is 0.147. The number of halogens is 4. The van der Waals surface area contributed by atoms with E-state index in [9.17, 15) is 17.6 Å². The minimum atomic E-state index is -4.76. The molecule has 0 unspecified atom stereocenters. The van der Waals surface area contributed by atoms with Crippen LogP contribution < -0.4 is 5.73 Å². The van der Waals surface area contributed by atoms with Crippen molar-refractivity contribution in [3.8, 4) is 11.4 Å². The number of nitrogen functional groups attached to an aromatic ring is 1. The number of hydrogen-bond acceptors (Lipinski definition) is 3. The van der Waals surface area contributed by atoms with E-state index in [1.54, 1.807) is 0 Å². The number of hydrogen-bond donors (Lipinski definition) is 2. The van der Waals surface area contributed by atoms with Gasteiger partial charge in [0.1, 0.15) is 5.82 Å². The maximum Gasteiger partial charge on any atom is 0.419 e. The van der Waals surface area contributed by atoms with Crippen molar-refractivity contribution in [1.82, 2.24) is 15.2 Å². The van der Waals surface area contributed by atoms with E-state index in [0.717, 1.165) is 12.1 Å². The van der Waals surface area contributed by atoms with Gasteiger partial charge in [-0.2, -0.15) is 18.2 Å². The zero-order valence-corrected chi connectivity index (χ0v) is 8.22. The summed E-state index contributed by atoms with van der Waals surface area (Å²) in [6.45, 7) is 0. The van der Waals surface area contributed by atoms with Gasteiger partial charge >= 0.3 is 6.18 Å². The molecule has 1 aromatic heterocycles. The van der Waals surface area contributed by atoms with Crippen molar-refractivity contribution in [2.24, 2.45) is 0 Å². The second kappa shape index (κ2) is 3.72. The third-order valence-electron chi connectivity index (χ3n) is 2.06. The van der Waals surface area contributed by atoms with E-state index in [1.807, 2.05) is 0 Å². The fourth-order valence-corrected chi connectivity index (χ4v) is 1.33. The topological polar surface area (TPSA) is 67.6 Å². The lowest BCUT2D eigenvalue weighted by molar-refractivity contribution is -0.139. The van der Waals surface area contributed by atoms with Gasteiger partial charge in [0, 0.05) is 0 Å². The van der Waals surface area contributed by atoms with Crippen LogP contribution in [-0.2, 0) is 6.18 Å². The first-order valence-corrected chi connectivity index (χ1v) is 4.43. The first kappa shape index (κ1) is 11.4. The Labute approximate surface area is 92.5 Å². The first-order chi connectivity index (χ1) is 7.89. The molecule has 0 amide bonds. The molecule has 0 saturated heterocycles. The smallest absolute Gasteiger partial charge is 0.366 e. The molecule has 0 aliphatic carbocycles. The number of benzene rings is 1. The molecule has 4 nitrogen and oxygen atoms in total. The van der Waals surface area contributed by atoms with Gasteiger partial charge in [-0.3, -0.25) is 5.10 Å². The van der Waals surface area contributed by atoms with Crippen molar-refractivity contribution < 1.29 is 17.6 Å². The molecule has 2 aromatic rings. The first-order valence-electron chi connectivity index (χ1n) is 4.43. The van der Waals surface area contributed by atoms with E-state index in [2.05, 4.69) is 15.2 Å². The third-order valence-corrected chi connectivity index (χ3v) is 2.06. The summed E-state index contributed by atoms with van der Waals surface area (Å²) < 4.78 is 50.9. The lowest BCUT2D eigenvalue weighted by Crippen LogP contribution is -2.09. The van der Waals surface area contributed by atoms with Crippen molar-refractivity contribution in [3.05, 3.63) is 29.6 Å². The molecule has 1 heterocycles. The maximum atomic E-state index is 13.6. The highest BCUT2D eigenvalue weighted by molar-refractivity contribution is 5.58. The van der Waals surface area contributed by atoms with Crippen molar-refractivity contribution in [3.63, 3.8) is 0 Å². The van der Waals surface area contributed by atoms with Crippen molar-refractivity contribution in [2.45, 2.75) is 6.18 Å². The Morgan fingerprint density at radius 3 is 2.47 bits per heavy atom. The molecule has 0 spiro atoms. The van der Waals surface area contributed by atoms with Gasteiger partial charge < -0.3 is 5.73 Å². The number of aromatic amines is 1. The van der Waals surface area contributed by atoms with Crippen molar-refractivity contribution >= 4 is 5.95 Å². The Kier molecular flexibility index (Phi) is 2.49. The summed E-state index contributed by atoms with van der Waals surface area (Å²) in [5, 5.41) is 5.67. The molecule has 0 fully saturated rings. The third kappa shape index (κ3) is 2.05. The number of alkyl halides is 3. The Morgan fingerprint density at radius 2 is 1.94 bits per heavy atom. The van der Waals surface area contributed by atoms with Crippen LogP contribution >= 0.6 is 0 Å². The number of aromatic nitrogens is 3. The molecule has 1 aromatic carbocycles. The highest BCUT2D eigenvalue weighted by Crippen LogP contribution is 2.34. The average Bonchev–Trinajstić information content (AvgIpc) is 2.63. The van der Waals surface area contributed by atoms with Crippen LogP contribution in [0.15, 0.2) is 18.2 Å². The van der Waals surface area contributed by atoms with E-state index in [4.69, 9.17) is 5.73 Å². The van der Waals surface area contributed by atoms with Crippen LogP contribution in [0.3, 0.4) is 0 Å². The van der Waals surface area contributed by atoms with Crippen molar-refractivity contribution in [1.29, 1.82) is 0 Å². The number of nitrogens with zero attached hydrogens (tertiary/aromatic N) is 2. The predicted octanol–water partition coefficient (Wildman–Crippen LogP) is 2.21. The molecule has 2 rings (SSSR count). The molecule has 90 valence electrons. The quantitative estimate of drug-likeness (QED) is 0.758. The van der Waals surface area contributed by atoms with Crippen LogP contribution in [0.1, 0.15) is 5.56 Å². The van der Waals surface area contributed by atoms with Gasteiger partial charge in [0.15, 0.2) is 5.82 Å². The van der Waals surface area contributed by atoms with Gasteiger partial charge in [0.2, 0.25) is 5.95 Å². The van der Waals surface area contributed by atoms with E-state index >= 15 is 0 Å². The molecule has 8 heteroatoms. The van der Waals surface area contributed by atoms with Gasteiger partial charge in [-0.1, -0.05) is 6.07 Å². The zero-order valence-electron chi connectivity index (χ0n) is 8.22. The second-order valence-corrected chi connectivity index (χ2v) is 3.21. The molecule has 0 radical (unpaired) electrons. The van der Waals surface area contributed by atoms with Gasteiger partial charge in [-0.05, 0) is 12.1 Å². The fraction of sp³-hybridized carbons (Fsp3) is 0.111. The number of nitrogens with two attached hydrogens (primary N) is 1. The molecule has 0 bridgehead atoms. The SMILES string of the molecule is Nc1n[nH]c(-c2cccc(C(F)(F)F)c2F)n1. The fourth-order valence-electron chi connectivity index (χ4n) is 1.33. The Morgan fingerprint density at radius 1 is 1.24 bits per heavy atom.